The second-order valence-electron chi connectivity index (χ2n) is 5.31. The van der Waals surface area contributed by atoms with E-state index in [0.717, 1.165) is 11.3 Å². The number of carbonyl (C=O) groups is 2. The Hall–Kier alpha value is -2.30. The van der Waals surface area contributed by atoms with E-state index in [1.54, 1.807) is 17.1 Å². The number of carbonyl (C=O) groups excluding carboxylic acids is 2. The van der Waals surface area contributed by atoms with Gasteiger partial charge in [0.1, 0.15) is 5.75 Å². The first-order valence-electron chi connectivity index (χ1n) is 7.60. The first-order valence-corrected chi connectivity index (χ1v) is 7.60. The van der Waals surface area contributed by atoms with Gasteiger partial charge in [-0.05, 0) is 31.9 Å². The molecule has 2 N–H and O–H groups in total. The van der Waals surface area contributed by atoms with Gasteiger partial charge in [0, 0.05) is 30.6 Å². The number of nitrogens with two attached hydrogens (primary N) is 1. The van der Waals surface area contributed by atoms with Crippen molar-refractivity contribution >= 4 is 17.9 Å². The molecule has 1 fully saturated rings. The number of nitrogens with zero attached hydrogens (tertiary/aromatic N) is 1. The molecule has 0 unspecified atom stereocenters. The van der Waals surface area contributed by atoms with Gasteiger partial charge in [-0.1, -0.05) is 18.2 Å². The predicted molar refractivity (Wildman–Crippen MR) is 85.1 cm³/mol. The molecule has 1 heterocycles. The Labute approximate surface area is 130 Å². The minimum atomic E-state index is -0.270. The Balaban J connectivity index is 1.96. The van der Waals surface area contributed by atoms with Crippen molar-refractivity contribution in [3.8, 4) is 5.75 Å². The highest BCUT2D eigenvalue weighted by Crippen LogP contribution is 2.20. The van der Waals surface area contributed by atoms with Crippen LogP contribution in [0, 0.1) is 5.92 Å². The third-order valence-electron chi connectivity index (χ3n) is 3.83. The van der Waals surface area contributed by atoms with Crippen molar-refractivity contribution in [2.75, 3.05) is 19.7 Å². The molecule has 0 aliphatic carbocycles. The van der Waals surface area contributed by atoms with Crippen LogP contribution < -0.4 is 10.5 Å². The zero-order chi connectivity index (χ0) is 15.9. The van der Waals surface area contributed by atoms with E-state index < -0.39 is 0 Å². The first-order chi connectivity index (χ1) is 10.6. The summed E-state index contributed by atoms with van der Waals surface area (Å²) >= 11 is 0. The molecule has 2 amide bonds. The highest BCUT2D eigenvalue weighted by atomic mass is 16.5. The molecule has 0 bridgehead atoms. The summed E-state index contributed by atoms with van der Waals surface area (Å²) in [5.41, 5.74) is 6.18. The van der Waals surface area contributed by atoms with Crippen LogP contribution in [-0.4, -0.2) is 36.4 Å². The maximum atomic E-state index is 12.2. The van der Waals surface area contributed by atoms with E-state index >= 15 is 0 Å². The molecule has 0 radical (unpaired) electrons. The molecule has 1 aromatic carbocycles. The van der Waals surface area contributed by atoms with E-state index in [9.17, 15) is 9.59 Å². The molecule has 5 heteroatoms. The van der Waals surface area contributed by atoms with Crippen LogP contribution in [-0.2, 0) is 9.59 Å². The molecule has 1 aliphatic rings. The van der Waals surface area contributed by atoms with Gasteiger partial charge in [-0.15, -0.1) is 0 Å². The predicted octanol–water partition coefficient (Wildman–Crippen LogP) is 1.82. The molecule has 0 aromatic heterocycles. The van der Waals surface area contributed by atoms with Crippen LogP contribution in [0.25, 0.3) is 6.08 Å². The van der Waals surface area contributed by atoms with Crippen molar-refractivity contribution in [1.82, 2.24) is 4.90 Å². The maximum Gasteiger partial charge on any atom is 0.246 e. The third kappa shape index (κ3) is 4.10. The van der Waals surface area contributed by atoms with Gasteiger partial charge in [0.2, 0.25) is 11.8 Å². The summed E-state index contributed by atoms with van der Waals surface area (Å²) in [4.78, 5) is 25.1. The number of ether oxygens (including phenoxy) is 1. The fourth-order valence-electron chi connectivity index (χ4n) is 2.56. The van der Waals surface area contributed by atoms with Gasteiger partial charge in [0.15, 0.2) is 0 Å². The smallest absolute Gasteiger partial charge is 0.246 e. The van der Waals surface area contributed by atoms with Crippen molar-refractivity contribution in [1.29, 1.82) is 0 Å². The molecular formula is C17H22N2O3. The number of benzene rings is 1. The van der Waals surface area contributed by atoms with Crippen LogP contribution >= 0.6 is 0 Å². The topological polar surface area (TPSA) is 72.6 Å². The Morgan fingerprint density at radius 2 is 2.00 bits per heavy atom. The van der Waals surface area contributed by atoms with Crippen LogP contribution in [0.15, 0.2) is 30.3 Å². The van der Waals surface area contributed by atoms with Gasteiger partial charge in [-0.25, -0.2) is 0 Å². The van der Waals surface area contributed by atoms with Gasteiger partial charge in [-0.2, -0.15) is 0 Å². The molecule has 0 spiro atoms. The van der Waals surface area contributed by atoms with Gasteiger partial charge in [0.25, 0.3) is 0 Å². The largest absolute Gasteiger partial charge is 0.493 e. The van der Waals surface area contributed by atoms with Crippen molar-refractivity contribution in [3.05, 3.63) is 35.9 Å². The van der Waals surface area contributed by atoms with Gasteiger partial charge in [0.05, 0.1) is 6.61 Å². The van der Waals surface area contributed by atoms with Crippen molar-refractivity contribution < 1.29 is 14.3 Å². The monoisotopic (exact) mass is 302 g/mol. The molecule has 1 saturated heterocycles. The summed E-state index contributed by atoms with van der Waals surface area (Å²) in [7, 11) is 0. The van der Waals surface area contributed by atoms with E-state index in [1.807, 2.05) is 31.2 Å². The molecule has 0 atom stereocenters. The second-order valence-corrected chi connectivity index (χ2v) is 5.31. The average molecular weight is 302 g/mol. The number of hydrogen-bond donors (Lipinski definition) is 1. The first kappa shape index (κ1) is 16.1. The molecule has 118 valence electrons. The lowest BCUT2D eigenvalue weighted by atomic mass is 9.96. The number of piperidine rings is 1. The second kappa shape index (κ2) is 7.64. The molecular weight excluding hydrogens is 280 g/mol. The lowest BCUT2D eigenvalue weighted by Gasteiger charge is -2.29. The average Bonchev–Trinajstić information content (AvgIpc) is 2.54. The van der Waals surface area contributed by atoms with Crippen LogP contribution in [0.1, 0.15) is 25.3 Å². The number of likely N-dealkylation sites (tertiary alicyclic amines) is 1. The lowest BCUT2D eigenvalue weighted by molar-refractivity contribution is -0.130. The highest BCUT2D eigenvalue weighted by molar-refractivity contribution is 5.92. The maximum absolute atomic E-state index is 12.2. The summed E-state index contributed by atoms with van der Waals surface area (Å²) in [5, 5.41) is 0. The summed E-state index contributed by atoms with van der Waals surface area (Å²) in [6.07, 6.45) is 4.62. The van der Waals surface area contributed by atoms with Gasteiger partial charge in [-0.3, -0.25) is 9.59 Å². The fourth-order valence-corrected chi connectivity index (χ4v) is 2.56. The summed E-state index contributed by atoms with van der Waals surface area (Å²) < 4.78 is 5.53. The molecule has 1 aromatic rings. The third-order valence-corrected chi connectivity index (χ3v) is 3.83. The standard InChI is InChI=1S/C17H22N2O3/c1-2-22-15-6-4-3-5-13(15)7-8-16(20)19-11-9-14(10-12-19)17(18)21/h3-8,14H,2,9-12H2,1H3,(H2,18,21)/b8-7-. The number of hydrogen-bond acceptors (Lipinski definition) is 3. The van der Waals surface area contributed by atoms with E-state index in [4.69, 9.17) is 10.5 Å². The number of primary amides is 1. The fraction of sp³-hybridized carbons (Fsp3) is 0.412. The van der Waals surface area contributed by atoms with E-state index in [1.165, 1.54) is 0 Å². The van der Waals surface area contributed by atoms with Crippen LogP contribution in [0.4, 0.5) is 0 Å². The van der Waals surface area contributed by atoms with Crippen LogP contribution in [0.2, 0.25) is 0 Å². The molecule has 22 heavy (non-hydrogen) atoms. The Bertz CT molecular complexity index is 561. The summed E-state index contributed by atoms with van der Waals surface area (Å²) in [6, 6.07) is 7.60. The molecule has 1 aliphatic heterocycles. The van der Waals surface area contributed by atoms with E-state index in [0.29, 0.717) is 32.5 Å². The van der Waals surface area contributed by atoms with E-state index in [2.05, 4.69) is 0 Å². The van der Waals surface area contributed by atoms with Crippen molar-refractivity contribution in [3.63, 3.8) is 0 Å². The Morgan fingerprint density at radius 1 is 1.32 bits per heavy atom. The molecule has 0 saturated carbocycles. The minimum Gasteiger partial charge on any atom is -0.493 e. The zero-order valence-corrected chi connectivity index (χ0v) is 12.8. The Kier molecular flexibility index (Phi) is 5.58. The minimum absolute atomic E-state index is 0.0470. The number of amides is 2. The molecule has 5 nitrogen and oxygen atoms in total. The van der Waals surface area contributed by atoms with Crippen molar-refractivity contribution in [2.45, 2.75) is 19.8 Å². The molecule has 2 rings (SSSR count). The van der Waals surface area contributed by atoms with Gasteiger partial charge < -0.3 is 15.4 Å². The quantitative estimate of drug-likeness (QED) is 0.843. The highest BCUT2D eigenvalue weighted by Gasteiger charge is 2.24. The normalized spacial score (nSPS) is 16.0. The van der Waals surface area contributed by atoms with E-state index in [-0.39, 0.29) is 17.7 Å². The lowest BCUT2D eigenvalue weighted by Crippen LogP contribution is -2.41. The Morgan fingerprint density at radius 3 is 2.64 bits per heavy atom. The van der Waals surface area contributed by atoms with Crippen molar-refractivity contribution in [2.24, 2.45) is 11.7 Å². The SMILES string of the molecule is CCOc1ccccc1/C=C\C(=O)N1CCC(C(N)=O)CC1. The van der Waals surface area contributed by atoms with Crippen LogP contribution in [0.5, 0.6) is 5.75 Å². The number of rotatable bonds is 5. The van der Waals surface area contributed by atoms with Gasteiger partial charge >= 0.3 is 0 Å². The summed E-state index contributed by atoms with van der Waals surface area (Å²) in [5.74, 6) is 0.343. The zero-order valence-electron chi connectivity index (χ0n) is 12.8. The number of para-hydroxylation sites is 1. The van der Waals surface area contributed by atoms with Crippen LogP contribution in [0.3, 0.4) is 0 Å². The summed E-state index contributed by atoms with van der Waals surface area (Å²) in [6.45, 7) is 3.65.